The molecule has 0 atom stereocenters. The molecule has 0 unspecified atom stereocenters. The van der Waals surface area contributed by atoms with Crippen molar-refractivity contribution in [2.45, 2.75) is 25.9 Å². The first-order chi connectivity index (χ1) is 12.2. The van der Waals surface area contributed by atoms with Crippen LogP contribution in [0.1, 0.15) is 24.0 Å². The van der Waals surface area contributed by atoms with E-state index in [2.05, 4.69) is 26.8 Å². The number of rotatable bonds is 7. The van der Waals surface area contributed by atoms with E-state index >= 15 is 0 Å². The zero-order chi connectivity index (χ0) is 17.5. The average Bonchev–Trinajstić information content (AvgIpc) is 3.15. The number of hydrogen-bond donors (Lipinski definition) is 2. The van der Waals surface area contributed by atoms with Crippen LogP contribution in [0.2, 0.25) is 0 Å². The Morgan fingerprint density at radius 1 is 1.26 bits per heavy atom. The minimum absolute atomic E-state index is 0. The minimum atomic E-state index is -0.430. The van der Waals surface area contributed by atoms with Crippen molar-refractivity contribution in [3.05, 3.63) is 48.0 Å². The van der Waals surface area contributed by atoms with Gasteiger partial charge >= 0.3 is 0 Å². The van der Waals surface area contributed by atoms with Gasteiger partial charge in [-0.1, -0.05) is 24.3 Å². The van der Waals surface area contributed by atoms with Crippen LogP contribution in [0.25, 0.3) is 0 Å². The van der Waals surface area contributed by atoms with Crippen LogP contribution in [-0.2, 0) is 22.6 Å². The molecule has 1 saturated heterocycles. The van der Waals surface area contributed by atoms with Gasteiger partial charge in [0.25, 0.3) is 0 Å². The van der Waals surface area contributed by atoms with Crippen molar-refractivity contribution in [3.8, 4) is 0 Å². The van der Waals surface area contributed by atoms with Crippen LogP contribution in [-0.4, -0.2) is 47.5 Å². The van der Waals surface area contributed by atoms with Gasteiger partial charge in [-0.05, 0) is 37.1 Å². The van der Waals surface area contributed by atoms with Gasteiger partial charge in [0.05, 0.1) is 18.6 Å². The molecule has 1 amide bonds. The molecular formula is C18H27Cl2N5O2. The van der Waals surface area contributed by atoms with Gasteiger partial charge in [0.2, 0.25) is 5.91 Å². The third kappa shape index (κ3) is 5.90. The smallest absolute Gasteiger partial charge is 0.228 e. The second-order valence-electron chi connectivity index (χ2n) is 6.51. The van der Waals surface area contributed by atoms with Crippen LogP contribution in [0.4, 0.5) is 0 Å². The first kappa shape index (κ1) is 23.4. The van der Waals surface area contributed by atoms with E-state index in [0.29, 0.717) is 19.7 Å². The molecule has 7 nitrogen and oxygen atoms in total. The van der Waals surface area contributed by atoms with Crippen molar-refractivity contribution in [2.75, 3.05) is 26.8 Å². The highest BCUT2D eigenvalue weighted by Gasteiger charge is 2.39. The molecule has 1 fully saturated rings. The number of halogens is 2. The molecule has 3 rings (SSSR count). The molecule has 27 heavy (non-hydrogen) atoms. The largest absolute Gasteiger partial charge is 0.384 e. The average molecular weight is 416 g/mol. The lowest BCUT2D eigenvalue weighted by Gasteiger charge is -2.35. The van der Waals surface area contributed by atoms with E-state index in [1.807, 2.05) is 18.2 Å². The maximum atomic E-state index is 12.9. The predicted octanol–water partition coefficient (Wildman–Crippen LogP) is 1.80. The van der Waals surface area contributed by atoms with Gasteiger partial charge in [-0.25, -0.2) is 9.67 Å². The zero-order valence-corrected chi connectivity index (χ0v) is 17.0. The second kappa shape index (κ2) is 11.2. The summed E-state index contributed by atoms with van der Waals surface area (Å²) >= 11 is 0. The molecule has 1 aromatic carbocycles. The number of carbonyl (C=O) groups is 1. The molecule has 2 aromatic rings. The Balaban J connectivity index is 0.00000182. The van der Waals surface area contributed by atoms with Crippen LogP contribution in [0, 0.1) is 5.41 Å². The Labute approximate surface area is 172 Å². The third-order valence-corrected chi connectivity index (χ3v) is 4.82. The fourth-order valence-electron chi connectivity index (χ4n) is 3.35. The van der Waals surface area contributed by atoms with E-state index in [-0.39, 0.29) is 30.7 Å². The van der Waals surface area contributed by atoms with Crippen molar-refractivity contribution in [1.29, 1.82) is 0 Å². The Morgan fingerprint density at radius 3 is 2.59 bits per heavy atom. The number of nitrogens with zero attached hydrogens (tertiary/aromatic N) is 3. The van der Waals surface area contributed by atoms with Gasteiger partial charge in [0.1, 0.15) is 12.7 Å². The minimum Gasteiger partial charge on any atom is -0.384 e. The second-order valence-corrected chi connectivity index (χ2v) is 6.51. The van der Waals surface area contributed by atoms with Gasteiger partial charge < -0.3 is 15.4 Å². The topological polar surface area (TPSA) is 81.1 Å². The van der Waals surface area contributed by atoms with Gasteiger partial charge in [-0.2, -0.15) is 5.10 Å². The van der Waals surface area contributed by atoms with Gasteiger partial charge in [-0.3, -0.25) is 4.79 Å². The highest BCUT2D eigenvalue weighted by Crippen LogP contribution is 2.29. The van der Waals surface area contributed by atoms with E-state index in [0.717, 1.165) is 37.1 Å². The lowest BCUT2D eigenvalue weighted by Crippen LogP contribution is -2.50. The first-order valence-electron chi connectivity index (χ1n) is 8.61. The van der Waals surface area contributed by atoms with Crippen molar-refractivity contribution in [1.82, 2.24) is 25.4 Å². The van der Waals surface area contributed by atoms with E-state index in [1.165, 1.54) is 6.33 Å². The maximum Gasteiger partial charge on any atom is 0.228 e. The Kier molecular flexibility index (Phi) is 9.73. The fourth-order valence-corrected chi connectivity index (χ4v) is 3.35. The molecule has 9 heteroatoms. The van der Waals surface area contributed by atoms with Crippen molar-refractivity contribution >= 4 is 30.7 Å². The molecule has 1 aliphatic heterocycles. The summed E-state index contributed by atoms with van der Waals surface area (Å²) in [6.45, 7) is 3.29. The molecule has 150 valence electrons. The van der Waals surface area contributed by atoms with Crippen molar-refractivity contribution in [3.63, 3.8) is 0 Å². The van der Waals surface area contributed by atoms with Crippen molar-refractivity contribution < 1.29 is 9.53 Å². The summed E-state index contributed by atoms with van der Waals surface area (Å²) in [6.07, 6.45) is 4.81. The van der Waals surface area contributed by atoms with E-state index in [4.69, 9.17) is 4.74 Å². The van der Waals surface area contributed by atoms with Gasteiger partial charge in [0, 0.05) is 13.7 Å². The van der Waals surface area contributed by atoms with Crippen molar-refractivity contribution in [2.24, 2.45) is 5.41 Å². The van der Waals surface area contributed by atoms with Gasteiger partial charge in [0.15, 0.2) is 0 Å². The fraction of sp³-hybridized carbons (Fsp3) is 0.500. The highest BCUT2D eigenvalue weighted by atomic mass is 35.5. The Hall–Kier alpha value is -1.67. The SMILES string of the molecule is COCC1(C(=O)NCc2ccccc2Cn2cncn2)CCNCC1.Cl.Cl. The quantitative estimate of drug-likeness (QED) is 0.720. The molecule has 2 N–H and O–H groups in total. The molecule has 1 aromatic heterocycles. The molecule has 2 heterocycles. The number of piperidine rings is 1. The number of ether oxygens (including phenoxy) is 1. The van der Waals surface area contributed by atoms with Crippen LogP contribution in [0.5, 0.6) is 0 Å². The molecular weight excluding hydrogens is 389 g/mol. The Morgan fingerprint density at radius 2 is 1.96 bits per heavy atom. The lowest BCUT2D eigenvalue weighted by atomic mass is 9.78. The number of hydrogen-bond acceptors (Lipinski definition) is 5. The molecule has 0 saturated carbocycles. The third-order valence-electron chi connectivity index (χ3n) is 4.82. The van der Waals surface area contributed by atoms with E-state index in [1.54, 1.807) is 18.1 Å². The molecule has 0 spiro atoms. The first-order valence-corrected chi connectivity index (χ1v) is 8.61. The normalized spacial score (nSPS) is 15.3. The summed E-state index contributed by atoms with van der Waals surface area (Å²) in [5.41, 5.74) is 1.79. The lowest BCUT2D eigenvalue weighted by molar-refractivity contribution is -0.136. The molecule has 0 bridgehead atoms. The molecule has 1 aliphatic rings. The number of amides is 1. The monoisotopic (exact) mass is 415 g/mol. The number of benzene rings is 1. The summed E-state index contributed by atoms with van der Waals surface area (Å²) in [7, 11) is 1.66. The van der Waals surface area contributed by atoms with Crippen LogP contribution >= 0.6 is 24.8 Å². The molecule has 0 radical (unpaired) electrons. The maximum absolute atomic E-state index is 12.9. The van der Waals surface area contributed by atoms with Crippen LogP contribution in [0.3, 0.4) is 0 Å². The number of carbonyl (C=O) groups excluding carboxylic acids is 1. The number of aromatic nitrogens is 3. The summed E-state index contributed by atoms with van der Waals surface area (Å²) < 4.78 is 7.12. The van der Waals surface area contributed by atoms with E-state index < -0.39 is 5.41 Å². The zero-order valence-electron chi connectivity index (χ0n) is 15.4. The van der Waals surface area contributed by atoms with Gasteiger partial charge in [-0.15, -0.1) is 24.8 Å². The van der Waals surface area contributed by atoms with E-state index in [9.17, 15) is 4.79 Å². The highest BCUT2D eigenvalue weighted by molar-refractivity contribution is 5.85. The Bertz CT molecular complexity index is 685. The standard InChI is InChI=1S/C18H25N5O2.2ClH/c1-25-12-18(6-8-19-9-7-18)17(24)21-10-15-4-2-3-5-16(15)11-23-14-20-13-22-23;;/h2-5,13-14,19H,6-12H2,1H3,(H,21,24);2*1H. The predicted molar refractivity (Wildman–Crippen MR) is 108 cm³/mol. The summed E-state index contributed by atoms with van der Waals surface area (Å²) in [5, 5.41) is 10.6. The summed E-state index contributed by atoms with van der Waals surface area (Å²) in [4.78, 5) is 16.8. The summed E-state index contributed by atoms with van der Waals surface area (Å²) in [6, 6.07) is 8.08. The van der Waals surface area contributed by atoms with Crippen LogP contribution in [0.15, 0.2) is 36.9 Å². The van der Waals surface area contributed by atoms with Crippen LogP contribution < -0.4 is 10.6 Å². The molecule has 0 aliphatic carbocycles. The number of nitrogens with one attached hydrogen (secondary N) is 2. The number of methoxy groups -OCH3 is 1. The summed E-state index contributed by atoms with van der Waals surface area (Å²) in [5.74, 6) is 0.0754.